The fourth-order valence-electron chi connectivity index (χ4n) is 1.42. The summed E-state index contributed by atoms with van der Waals surface area (Å²) in [4.78, 5) is 45.6. The van der Waals surface area contributed by atoms with Gasteiger partial charge in [-0.1, -0.05) is 0 Å². The third kappa shape index (κ3) is 4.58. The highest BCUT2D eigenvalue weighted by Gasteiger charge is 2.20. The third-order valence-electron chi connectivity index (χ3n) is 2.66. The number of urea groups is 1. The second-order valence-electron chi connectivity index (χ2n) is 4.18. The maximum absolute atomic E-state index is 11.8. The molecule has 0 aliphatic heterocycles. The Bertz CT molecular complexity index is 582. The van der Waals surface area contributed by atoms with E-state index in [1.807, 2.05) is 5.32 Å². The number of methoxy groups -OCH3 is 1. The second kappa shape index (κ2) is 7.77. The van der Waals surface area contributed by atoms with Gasteiger partial charge in [0.15, 0.2) is 6.10 Å². The summed E-state index contributed by atoms with van der Waals surface area (Å²) in [5, 5.41) is 4.19. The van der Waals surface area contributed by atoms with Crippen molar-refractivity contribution >= 4 is 23.9 Å². The normalized spacial score (nSPS) is 11.0. The van der Waals surface area contributed by atoms with E-state index in [1.165, 1.54) is 45.3 Å². The number of hydrogen-bond acceptors (Lipinski definition) is 6. The lowest BCUT2D eigenvalue weighted by atomic mass is 10.1. The van der Waals surface area contributed by atoms with Gasteiger partial charge in [-0.2, -0.15) is 0 Å². The van der Waals surface area contributed by atoms with Crippen molar-refractivity contribution in [3.05, 3.63) is 35.4 Å². The molecule has 1 atom stereocenters. The number of imide groups is 1. The minimum absolute atomic E-state index is 0.159. The van der Waals surface area contributed by atoms with Crippen LogP contribution in [-0.2, 0) is 14.3 Å². The van der Waals surface area contributed by atoms with E-state index >= 15 is 0 Å². The van der Waals surface area contributed by atoms with Crippen molar-refractivity contribution in [2.24, 2.45) is 0 Å². The van der Waals surface area contributed by atoms with Crippen molar-refractivity contribution in [2.45, 2.75) is 13.0 Å². The summed E-state index contributed by atoms with van der Waals surface area (Å²) < 4.78 is 9.46. The number of nitrogens with one attached hydrogen (secondary N) is 2. The van der Waals surface area contributed by atoms with Crippen molar-refractivity contribution in [3.8, 4) is 0 Å². The molecule has 2 N–H and O–H groups in total. The summed E-state index contributed by atoms with van der Waals surface area (Å²) in [5.41, 5.74) is 0.441. The Kier molecular flexibility index (Phi) is 6.06. The first-order valence-electron chi connectivity index (χ1n) is 6.31. The second-order valence-corrected chi connectivity index (χ2v) is 4.18. The van der Waals surface area contributed by atoms with Crippen molar-refractivity contribution in [1.29, 1.82) is 0 Å². The minimum atomic E-state index is -1.15. The number of esters is 2. The standard InChI is InChI=1S/C14H16N2O6/c1-8(11(17)16-14(20)15-2)22-13(19)10-6-4-9(5-7-10)12(18)21-3/h4-8H,1-3H3,(H2,15,16,17,20). The molecule has 3 amide bonds. The van der Waals surface area contributed by atoms with E-state index in [4.69, 9.17) is 4.74 Å². The lowest BCUT2D eigenvalue weighted by molar-refractivity contribution is -0.127. The van der Waals surface area contributed by atoms with Gasteiger partial charge in [-0.3, -0.25) is 10.1 Å². The van der Waals surface area contributed by atoms with Crippen LogP contribution < -0.4 is 10.6 Å². The molecule has 0 aliphatic rings. The lowest BCUT2D eigenvalue weighted by Gasteiger charge is -2.12. The Morgan fingerprint density at radius 1 is 1.00 bits per heavy atom. The molecule has 1 unspecified atom stereocenters. The number of hydrogen-bond donors (Lipinski definition) is 2. The Morgan fingerprint density at radius 2 is 1.50 bits per heavy atom. The molecule has 1 aromatic rings. The van der Waals surface area contributed by atoms with Gasteiger partial charge in [0.2, 0.25) is 0 Å². The van der Waals surface area contributed by atoms with Crippen molar-refractivity contribution in [3.63, 3.8) is 0 Å². The molecule has 8 heteroatoms. The van der Waals surface area contributed by atoms with E-state index in [-0.39, 0.29) is 11.1 Å². The Labute approximate surface area is 126 Å². The molecule has 0 saturated carbocycles. The largest absolute Gasteiger partial charge is 0.465 e. The molecule has 22 heavy (non-hydrogen) atoms. The number of carbonyl (C=O) groups excluding carboxylic acids is 4. The van der Waals surface area contributed by atoms with Crippen LogP contribution in [0.25, 0.3) is 0 Å². The van der Waals surface area contributed by atoms with E-state index in [0.29, 0.717) is 0 Å². The molecule has 0 fully saturated rings. The molecule has 1 rings (SSSR count). The zero-order valence-electron chi connectivity index (χ0n) is 12.3. The average Bonchev–Trinajstić information content (AvgIpc) is 2.53. The summed E-state index contributed by atoms with van der Waals surface area (Å²) in [6.45, 7) is 1.33. The molecule has 118 valence electrons. The van der Waals surface area contributed by atoms with Crippen LogP contribution in [-0.4, -0.2) is 44.1 Å². The van der Waals surface area contributed by atoms with Gasteiger partial charge in [-0.15, -0.1) is 0 Å². The van der Waals surface area contributed by atoms with Crippen molar-refractivity contribution in [2.75, 3.05) is 14.2 Å². The molecular formula is C14H16N2O6. The Morgan fingerprint density at radius 3 is 1.95 bits per heavy atom. The molecule has 0 spiro atoms. The van der Waals surface area contributed by atoms with E-state index in [9.17, 15) is 19.2 Å². The van der Waals surface area contributed by atoms with Crippen LogP contribution in [0.4, 0.5) is 4.79 Å². The minimum Gasteiger partial charge on any atom is -0.465 e. The first-order valence-corrected chi connectivity index (χ1v) is 6.31. The zero-order chi connectivity index (χ0) is 16.7. The topological polar surface area (TPSA) is 111 Å². The average molecular weight is 308 g/mol. The number of carbonyl (C=O) groups is 4. The predicted molar refractivity (Wildman–Crippen MR) is 75.3 cm³/mol. The highest BCUT2D eigenvalue weighted by atomic mass is 16.5. The highest BCUT2D eigenvalue weighted by molar-refractivity contribution is 5.98. The molecule has 0 radical (unpaired) electrons. The van der Waals surface area contributed by atoms with Crippen LogP contribution in [0.5, 0.6) is 0 Å². The summed E-state index contributed by atoms with van der Waals surface area (Å²) in [6, 6.07) is 4.85. The molecule has 0 aromatic heterocycles. The number of rotatable bonds is 4. The van der Waals surface area contributed by atoms with Gasteiger partial charge in [-0.25, -0.2) is 14.4 Å². The van der Waals surface area contributed by atoms with Crippen LogP contribution in [0.3, 0.4) is 0 Å². The van der Waals surface area contributed by atoms with Gasteiger partial charge >= 0.3 is 18.0 Å². The van der Waals surface area contributed by atoms with Gasteiger partial charge in [0, 0.05) is 7.05 Å². The van der Waals surface area contributed by atoms with Crippen molar-refractivity contribution in [1.82, 2.24) is 10.6 Å². The monoisotopic (exact) mass is 308 g/mol. The van der Waals surface area contributed by atoms with E-state index < -0.39 is 30.0 Å². The SMILES string of the molecule is CNC(=O)NC(=O)C(C)OC(=O)c1ccc(C(=O)OC)cc1. The molecule has 0 heterocycles. The van der Waals surface area contributed by atoms with Gasteiger partial charge in [0.25, 0.3) is 5.91 Å². The van der Waals surface area contributed by atoms with Gasteiger partial charge in [0.05, 0.1) is 18.2 Å². The van der Waals surface area contributed by atoms with Crippen LogP contribution in [0.15, 0.2) is 24.3 Å². The lowest BCUT2D eigenvalue weighted by Crippen LogP contribution is -2.43. The van der Waals surface area contributed by atoms with E-state index in [2.05, 4.69) is 10.1 Å². The summed E-state index contributed by atoms with van der Waals surface area (Å²) >= 11 is 0. The molecule has 0 bridgehead atoms. The molecule has 0 aliphatic carbocycles. The van der Waals surface area contributed by atoms with Crippen LogP contribution >= 0.6 is 0 Å². The predicted octanol–water partition coefficient (Wildman–Crippen LogP) is 0.474. The number of benzene rings is 1. The van der Waals surface area contributed by atoms with Crippen LogP contribution in [0.1, 0.15) is 27.6 Å². The number of ether oxygens (including phenoxy) is 2. The fraction of sp³-hybridized carbons (Fsp3) is 0.286. The van der Waals surface area contributed by atoms with Gasteiger partial charge < -0.3 is 14.8 Å². The number of amides is 3. The third-order valence-corrected chi connectivity index (χ3v) is 2.66. The quantitative estimate of drug-likeness (QED) is 0.782. The molecule has 8 nitrogen and oxygen atoms in total. The summed E-state index contributed by atoms with van der Waals surface area (Å²) in [7, 11) is 2.60. The first-order chi connectivity index (χ1) is 10.4. The van der Waals surface area contributed by atoms with E-state index in [0.717, 1.165) is 0 Å². The van der Waals surface area contributed by atoms with Crippen LogP contribution in [0.2, 0.25) is 0 Å². The summed E-state index contributed by atoms with van der Waals surface area (Å²) in [5.74, 6) is -2.03. The maximum atomic E-state index is 11.8. The Hall–Kier alpha value is -2.90. The van der Waals surface area contributed by atoms with Gasteiger partial charge in [0.1, 0.15) is 0 Å². The molecular weight excluding hydrogens is 292 g/mol. The molecule has 1 aromatic carbocycles. The molecule has 0 saturated heterocycles. The Balaban J connectivity index is 2.66. The zero-order valence-corrected chi connectivity index (χ0v) is 12.3. The first kappa shape index (κ1) is 17.2. The van der Waals surface area contributed by atoms with Gasteiger partial charge in [-0.05, 0) is 31.2 Å². The smallest absolute Gasteiger partial charge is 0.338 e. The van der Waals surface area contributed by atoms with E-state index in [1.54, 1.807) is 0 Å². The van der Waals surface area contributed by atoms with Crippen LogP contribution in [0, 0.1) is 0 Å². The maximum Gasteiger partial charge on any atom is 0.338 e. The summed E-state index contributed by atoms with van der Waals surface area (Å²) in [6.07, 6.45) is -1.15. The van der Waals surface area contributed by atoms with Crippen molar-refractivity contribution < 1.29 is 28.7 Å². The highest BCUT2D eigenvalue weighted by Crippen LogP contribution is 2.08. The fourth-order valence-corrected chi connectivity index (χ4v) is 1.42.